The molecule has 1 aliphatic rings. The summed E-state index contributed by atoms with van der Waals surface area (Å²) < 4.78 is 13.0. The fourth-order valence-electron chi connectivity index (χ4n) is 1.46. The Bertz CT molecular complexity index is 160. The van der Waals surface area contributed by atoms with Gasteiger partial charge in [-0.2, -0.15) is 0 Å². The Kier molecular flexibility index (Phi) is 2.44. The molecule has 0 aromatic carbocycles. The molecule has 4 heteroatoms. The van der Waals surface area contributed by atoms with E-state index in [0.29, 0.717) is 0 Å². The first-order valence-corrected chi connectivity index (χ1v) is 3.78. The number of halogens is 1. The third-order valence-corrected chi connectivity index (χ3v) is 2.14. The molecule has 3 N–H and O–H groups in total. The summed E-state index contributed by atoms with van der Waals surface area (Å²) in [4.78, 5) is 2.06. The van der Waals surface area contributed by atoms with E-state index in [-0.39, 0.29) is 11.8 Å². The maximum Gasteiger partial charge on any atom is 0.160 e. The van der Waals surface area contributed by atoms with Crippen LogP contribution in [0.2, 0.25) is 0 Å². The van der Waals surface area contributed by atoms with Crippen molar-refractivity contribution in [1.29, 1.82) is 5.41 Å². The Morgan fingerprint density at radius 1 is 1.82 bits per heavy atom. The van der Waals surface area contributed by atoms with Crippen LogP contribution in [0.4, 0.5) is 4.39 Å². The third-order valence-electron chi connectivity index (χ3n) is 2.14. The van der Waals surface area contributed by atoms with Crippen LogP contribution in [0.15, 0.2) is 0 Å². The summed E-state index contributed by atoms with van der Waals surface area (Å²) in [5, 5.41) is 6.92. The fraction of sp³-hybridized carbons (Fsp3) is 0.857. The van der Waals surface area contributed by atoms with Crippen molar-refractivity contribution in [2.75, 3.05) is 20.1 Å². The molecule has 0 saturated carbocycles. The van der Waals surface area contributed by atoms with E-state index >= 15 is 0 Å². The van der Waals surface area contributed by atoms with Crippen LogP contribution in [0.25, 0.3) is 0 Å². The summed E-state index contributed by atoms with van der Waals surface area (Å²) in [5.41, 5.74) is 5.05. The molecule has 0 aromatic rings. The molecule has 1 saturated heterocycles. The molecule has 11 heavy (non-hydrogen) atoms. The number of rotatable bonds is 2. The minimum atomic E-state index is -1.24. The van der Waals surface area contributed by atoms with E-state index < -0.39 is 6.17 Å². The van der Waals surface area contributed by atoms with Gasteiger partial charge in [-0.25, -0.2) is 4.39 Å². The van der Waals surface area contributed by atoms with Crippen LogP contribution in [0, 0.1) is 11.3 Å². The normalized spacial score (nSPS) is 28.7. The number of hydrogen-bond donors (Lipinski definition) is 2. The van der Waals surface area contributed by atoms with Gasteiger partial charge in [0.25, 0.3) is 0 Å². The molecular formula is C7H14FN3. The van der Waals surface area contributed by atoms with Gasteiger partial charge in [-0.3, -0.25) is 5.41 Å². The first-order valence-electron chi connectivity index (χ1n) is 3.78. The summed E-state index contributed by atoms with van der Waals surface area (Å²) in [6, 6.07) is 0. The number of alkyl halides is 1. The second kappa shape index (κ2) is 3.17. The van der Waals surface area contributed by atoms with Crippen molar-refractivity contribution in [3.05, 3.63) is 0 Å². The third kappa shape index (κ3) is 1.89. The van der Waals surface area contributed by atoms with E-state index in [2.05, 4.69) is 4.90 Å². The number of nitrogens with one attached hydrogen (secondary N) is 1. The van der Waals surface area contributed by atoms with Crippen molar-refractivity contribution < 1.29 is 4.39 Å². The van der Waals surface area contributed by atoms with Gasteiger partial charge in [-0.15, -0.1) is 0 Å². The minimum Gasteiger partial charge on any atom is -0.385 e. The maximum absolute atomic E-state index is 13.0. The predicted molar refractivity (Wildman–Crippen MR) is 42.4 cm³/mol. The number of nitrogens with zero attached hydrogens (tertiary/aromatic N) is 1. The molecule has 64 valence electrons. The van der Waals surface area contributed by atoms with Gasteiger partial charge < -0.3 is 10.6 Å². The van der Waals surface area contributed by atoms with Crippen LogP contribution >= 0.6 is 0 Å². The number of amidine groups is 1. The molecule has 2 unspecified atom stereocenters. The van der Waals surface area contributed by atoms with E-state index in [0.717, 1.165) is 19.5 Å². The summed E-state index contributed by atoms with van der Waals surface area (Å²) in [6.07, 6.45) is -0.419. The van der Waals surface area contributed by atoms with Gasteiger partial charge >= 0.3 is 0 Å². The average Bonchev–Trinajstić information content (AvgIpc) is 2.34. The minimum absolute atomic E-state index is 0.0579. The van der Waals surface area contributed by atoms with Crippen molar-refractivity contribution in [2.45, 2.75) is 12.6 Å². The molecule has 1 rings (SSSR count). The van der Waals surface area contributed by atoms with Crippen LogP contribution in [0.1, 0.15) is 6.42 Å². The van der Waals surface area contributed by atoms with E-state index in [1.54, 1.807) is 0 Å². The maximum atomic E-state index is 13.0. The molecule has 0 spiro atoms. The van der Waals surface area contributed by atoms with Crippen molar-refractivity contribution in [1.82, 2.24) is 4.90 Å². The highest BCUT2D eigenvalue weighted by Crippen LogP contribution is 2.20. The van der Waals surface area contributed by atoms with Gasteiger partial charge in [0.15, 0.2) is 6.17 Å². The molecule has 0 aliphatic carbocycles. The lowest BCUT2D eigenvalue weighted by Crippen LogP contribution is -2.32. The number of hydrogen-bond acceptors (Lipinski definition) is 2. The second-order valence-corrected chi connectivity index (χ2v) is 3.17. The molecule has 1 heterocycles. The quantitative estimate of drug-likeness (QED) is 0.447. The summed E-state index contributed by atoms with van der Waals surface area (Å²) in [5.74, 6) is -0.386. The first kappa shape index (κ1) is 8.46. The number of nitrogens with two attached hydrogens (primary N) is 1. The SMILES string of the molecule is CN1CCC(C(F)C(=N)N)C1. The zero-order valence-corrected chi connectivity index (χ0v) is 6.68. The van der Waals surface area contributed by atoms with Gasteiger partial charge in [0.05, 0.1) is 0 Å². The molecule has 0 bridgehead atoms. The smallest absolute Gasteiger partial charge is 0.160 e. The Labute approximate surface area is 65.9 Å². The molecule has 1 aliphatic heterocycles. The first-order chi connectivity index (χ1) is 5.11. The van der Waals surface area contributed by atoms with Crippen molar-refractivity contribution in [2.24, 2.45) is 11.7 Å². The van der Waals surface area contributed by atoms with Gasteiger partial charge in [0, 0.05) is 12.5 Å². The highest BCUT2D eigenvalue weighted by Gasteiger charge is 2.29. The highest BCUT2D eigenvalue weighted by molar-refractivity contribution is 5.81. The summed E-state index contributed by atoms with van der Waals surface area (Å²) >= 11 is 0. The van der Waals surface area contributed by atoms with Crippen molar-refractivity contribution >= 4 is 5.84 Å². The van der Waals surface area contributed by atoms with E-state index in [1.807, 2.05) is 7.05 Å². The lowest BCUT2D eigenvalue weighted by molar-refractivity contribution is 0.292. The summed E-state index contributed by atoms with van der Waals surface area (Å²) in [7, 11) is 1.95. The predicted octanol–water partition coefficient (Wildman–Crippen LogP) is 0.212. The molecule has 0 aromatic heterocycles. The molecule has 2 atom stereocenters. The molecule has 0 amide bonds. The topological polar surface area (TPSA) is 53.1 Å². The lowest BCUT2D eigenvalue weighted by atomic mass is 10.0. The van der Waals surface area contributed by atoms with Crippen molar-refractivity contribution in [3.63, 3.8) is 0 Å². The Hall–Kier alpha value is -0.640. The zero-order chi connectivity index (χ0) is 8.43. The summed E-state index contributed by atoms with van der Waals surface area (Å²) in [6.45, 7) is 1.64. The van der Waals surface area contributed by atoms with Crippen LogP contribution in [-0.4, -0.2) is 37.0 Å². The van der Waals surface area contributed by atoms with E-state index in [1.165, 1.54) is 0 Å². The standard InChI is InChI=1S/C7H14FN3/c1-11-3-2-5(4-11)6(8)7(9)10/h5-6H,2-4H2,1H3,(H3,9,10). The highest BCUT2D eigenvalue weighted by atomic mass is 19.1. The van der Waals surface area contributed by atoms with Gasteiger partial charge in [0.1, 0.15) is 5.84 Å². The second-order valence-electron chi connectivity index (χ2n) is 3.17. The lowest BCUT2D eigenvalue weighted by Gasteiger charge is -2.13. The Morgan fingerprint density at radius 2 is 2.45 bits per heavy atom. The molecular weight excluding hydrogens is 145 g/mol. The van der Waals surface area contributed by atoms with Crippen LogP contribution in [0.3, 0.4) is 0 Å². The van der Waals surface area contributed by atoms with Crippen molar-refractivity contribution in [3.8, 4) is 0 Å². The molecule has 1 fully saturated rings. The monoisotopic (exact) mass is 159 g/mol. The van der Waals surface area contributed by atoms with Gasteiger partial charge in [-0.1, -0.05) is 0 Å². The number of likely N-dealkylation sites (tertiary alicyclic amines) is 1. The Balaban J connectivity index is 2.43. The average molecular weight is 159 g/mol. The van der Waals surface area contributed by atoms with E-state index in [9.17, 15) is 4.39 Å². The Morgan fingerprint density at radius 3 is 2.82 bits per heavy atom. The molecule has 3 nitrogen and oxygen atoms in total. The van der Waals surface area contributed by atoms with Crippen LogP contribution < -0.4 is 5.73 Å². The van der Waals surface area contributed by atoms with Crippen LogP contribution in [0.5, 0.6) is 0 Å². The fourth-order valence-corrected chi connectivity index (χ4v) is 1.46. The zero-order valence-electron chi connectivity index (χ0n) is 6.68. The van der Waals surface area contributed by atoms with Crippen LogP contribution in [-0.2, 0) is 0 Å². The molecule has 0 radical (unpaired) electrons. The largest absolute Gasteiger partial charge is 0.385 e. The van der Waals surface area contributed by atoms with E-state index in [4.69, 9.17) is 11.1 Å². The van der Waals surface area contributed by atoms with Gasteiger partial charge in [0.2, 0.25) is 0 Å². The van der Waals surface area contributed by atoms with Gasteiger partial charge in [-0.05, 0) is 20.0 Å².